The molecule has 0 heterocycles. The average molecular weight is 313 g/mol. The molecule has 2 aromatic rings. The minimum atomic E-state index is -0.170. The number of nitrogens with zero attached hydrogens (tertiary/aromatic N) is 1. The molecule has 0 saturated heterocycles. The van der Waals surface area contributed by atoms with Crippen molar-refractivity contribution in [3.8, 4) is 5.75 Å². The zero-order valence-corrected chi connectivity index (χ0v) is 15.0. The standard InChI is InChI=1S/C20H27NO2/c1-13(2)21(14(3)4)20(22)15(5)18-9-7-8-16-12-17(23-6)10-11-19(16)18/h7-15H,1-6H3. The number of rotatable bonds is 5. The van der Waals surface area contributed by atoms with Crippen molar-refractivity contribution in [2.75, 3.05) is 7.11 Å². The molecule has 0 aliphatic rings. The number of methoxy groups -OCH3 is 1. The lowest BCUT2D eigenvalue weighted by Gasteiger charge is -2.33. The van der Waals surface area contributed by atoms with Gasteiger partial charge in [0.15, 0.2) is 0 Å². The van der Waals surface area contributed by atoms with Gasteiger partial charge in [-0.2, -0.15) is 0 Å². The molecule has 3 nitrogen and oxygen atoms in total. The van der Waals surface area contributed by atoms with Crippen LogP contribution < -0.4 is 4.74 Å². The van der Waals surface area contributed by atoms with Gasteiger partial charge in [0.25, 0.3) is 0 Å². The summed E-state index contributed by atoms with van der Waals surface area (Å²) in [4.78, 5) is 15.0. The Balaban J connectivity index is 2.44. The number of benzene rings is 2. The second kappa shape index (κ2) is 7.03. The minimum absolute atomic E-state index is 0.170. The summed E-state index contributed by atoms with van der Waals surface area (Å²) in [6, 6.07) is 12.5. The first kappa shape index (κ1) is 17.3. The van der Waals surface area contributed by atoms with E-state index in [-0.39, 0.29) is 23.9 Å². The Labute approximate surface area is 139 Å². The third kappa shape index (κ3) is 3.49. The Morgan fingerprint density at radius 2 is 1.65 bits per heavy atom. The Kier molecular flexibility index (Phi) is 5.30. The summed E-state index contributed by atoms with van der Waals surface area (Å²) in [5, 5.41) is 2.21. The Morgan fingerprint density at radius 1 is 1.00 bits per heavy atom. The predicted molar refractivity (Wildman–Crippen MR) is 96.0 cm³/mol. The molecule has 1 atom stereocenters. The van der Waals surface area contributed by atoms with Gasteiger partial charge in [0.1, 0.15) is 5.75 Å². The number of carbonyl (C=O) groups is 1. The Hall–Kier alpha value is -2.03. The van der Waals surface area contributed by atoms with Gasteiger partial charge in [-0.25, -0.2) is 0 Å². The quantitative estimate of drug-likeness (QED) is 0.807. The summed E-state index contributed by atoms with van der Waals surface area (Å²) >= 11 is 0. The largest absolute Gasteiger partial charge is 0.497 e. The molecule has 0 spiro atoms. The van der Waals surface area contributed by atoms with Crippen molar-refractivity contribution in [3.63, 3.8) is 0 Å². The van der Waals surface area contributed by atoms with Gasteiger partial charge in [0.05, 0.1) is 13.0 Å². The van der Waals surface area contributed by atoms with Crippen LogP contribution in [0.1, 0.15) is 46.1 Å². The Morgan fingerprint density at radius 3 is 2.22 bits per heavy atom. The lowest BCUT2D eigenvalue weighted by molar-refractivity contribution is -0.136. The van der Waals surface area contributed by atoms with E-state index in [1.165, 1.54) is 0 Å². The topological polar surface area (TPSA) is 29.5 Å². The second-order valence-corrected chi connectivity index (χ2v) is 6.59. The van der Waals surface area contributed by atoms with Crippen LogP contribution in [0.2, 0.25) is 0 Å². The summed E-state index contributed by atoms with van der Waals surface area (Å²) < 4.78 is 5.30. The number of amides is 1. The molecule has 0 fully saturated rings. The van der Waals surface area contributed by atoms with Gasteiger partial charge >= 0.3 is 0 Å². The van der Waals surface area contributed by atoms with Crippen LogP contribution in [0.4, 0.5) is 0 Å². The molecule has 0 N–H and O–H groups in total. The maximum atomic E-state index is 13.0. The van der Waals surface area contributed by atoms with Crippen LogP contribution in [0.5, 0.6) is 5.75 Å². The molecule has 23 heavy (non-hydrogen) atoms. The van der Waals surface area contributed by atoms with E-state index < -0.39 is 0 Å². The predicted octanol–water partition coefficient (Wildman–Crippen LogP) is 4.60. The van der Waals surface area contributed by atoms with Crippen LogP contribution in [0.15, 0.2) is 36.4 Å². The molecule has 1 amide bonds. The summed E-state index contributed by atoms with van der Waals surface area (Å²) in [5.74, 6) is 0.842. The number of hydrogen-bond donors (Lipinski definition) is 0. The van der Waals surface area contributed by atoms with Crippen LogP contribution in [-0.4, -0.2) is 30.0 Å². The fourth-order valence-corrected chi connectivity index (χ4v) is 3.25. The highest BCUT2D eigenvalue weighted by molar-refractivity contribution is 5.93. The van der Waals surface area contributed by atoms with Crippen molar-refractivity contribution in [2.45, 2.75) is 52.6 Å². The molecule has 0 aromatic heterocycles. The number of hydrogen-bond acceptors (Lipinski definition) is 2. The van der Waals surface area contributed by atoms with Crippen molar-refractivity contribution >= 4 is 16.7 Å². The summed E-state index contributed by atoms with van der Waals surface area (Å²) in [7, 11) is 1.67. The zero-order chi connectivity index (χ0) is 17.1. The summed E-state index contributed by atoms with van der Waals surface area (Å²) in [5.41, 5.74) is 1.07. The minimum Gasteiger partial charge on any atom is -0.497 e. The van der Waals surface area contributed by atoms with Crippen LogP contribution in [0.3, 0.4) is 0 Å². The lowest BCUT2D eigenvalue weighted by atomic mass is 9.93. The first-order chi connectivity index (χ1) is 10.9. The third-order valence-corrected chi connectivity index (χ3v) is 4.33. The van der Waals surface area contributed by atoms with Gasteiger partial charge in [0.2, 0.25) is 5.91 Å². The van der Waals surface area contributed by atoms with Gasteiger partial charge in [0, 0.05) is 12.1 Å². The van der Waals surface area contributed by atoms with E-state index in [1.807, 2.05) is 36.1 Å². The van der Waals surface area contributed by atoms with E-state index in [2.05, 4.69) is 39.8 Å². The van der Waals surface area contributed by atoms with Crippen LogP contribution in [0.25, 0.3) is 10.8 Å². The van der Waals surface area contributed by atoms with Gasteiger partial charge in [-0.1, -0.05) is 24.3 Å². The van der Waals surface area contributed by atoms with E-state index in [0.29, 0.717) is 0 Å². The van der Waals surface area contributed by atoms with Crippen molar-refractivity contribution in [1.29, 1.82) is 0 Å². The molecular formula is C20H27NO2. The van der Waals surface area contributed by atoms with Crippen molar-refractivity contribution < 1.29 is 9.53 Å². The average Bonchev–Trinajstić information content (AvgIpc) is 2.52. The van der Waals surface area contributed by atoms with Crippen LogP contribution >= 0.6 is 0 Å². The second-order valence-electron chi connectivity index (χ2n) is 6.59. The van der Waals surface area contributed by atoms with Gasteiger partial charge in [-0.15, -0.1) is 0 Å². The molecule has 3 heteroatoms. The van der Waals surface area contributed by atoms with E-state index in [1.54, 1.807) is 7.11 Å². The van der Waals surface area contributed by atoms with Crippen molar-refractivity contribution in [3.05, 3.63) is 42.0 Å². The molecule has 0 saturated carbocycles. The van der Waals surface area contributed by atoms with Crippen molar-refractivity contribution in [1.82, 2.24) is 4.90 Å². The van der Waals surface area contributed by atoms with E-state index in [9.17, 15) is 4.79 Å². The highest BCUT2D eigenvalue weighted by Crippen LogP contribution is 2.30. The highest BCUT2D eigenvalue weighted by atomic mass is 16.5. The number of ether oxygens (including phenoxy) is 1. The van der Waals surface area contributed by atoms with Crippen LogP contribution in [-0.2, 0) is 4.79 Å². The van der Waals surface area contributed by atoms with Gasteiger partial charge < -0.3 is 9.64 Å². The van der Waals surface area contributed by atoms with E-state index in [0.717, 1.165) is 22.1 Å². The SMILES string of the molecule is COc1ccc2c(C(C)C(=O)N(C(C)C)C(C)C)cccc2c1. The Bertz CT molecular complexity index is 683. The molecule has 0 radical (unpaired) electrons. The van der Waals surface area contributed by atoms with E-state index in [4.69, 9.17) is 4.74 Å². The number of fused-ring (bicyclic) bond motifs is 1. The molecule has 1 unspecified atom stereocenters. The molecule has 0 bridgehead atoms. The maximum absolute atomic E-state index is 13.0. The number of carbonyl (C=O) groups excluding carboxylic acids is 1. The van der Waals surface area contributed by atoms with Gasteiger partial charge in [-0.05, 0) is 63.1 Å². The highest BCUT2D eigenvalue weighted by Gasteiger charge is 2.26. The van der Waals surface area contributed by atoms with E-state index >= 15 is 0 Å². The lowest BCUT2D eigenvalue weighted by Crippen LogP contribution is -2.44. The van der Waals surface area contributed by atoms with Gasteiger partial charge in [-0.3, -0.25) is 4.79 Å². The fraction of sp³-hybridized carbons (Fsp3) is 0.450. The molecule has 0 aliphatic heterocycles. The normalized spacial score (nSPS) is 12.7. The third-order valence-electron chi connectivity index (χ3n) is 4.33. The maximum Gasteiger partial charge on any atom is 0.230 e. The smallest absolute Gasteiger partial charge is 0.230 e. The summed E-state index contributed by atoms with van der Waals surface area (Å²) in [6.45, 7) is 10.3. The van der Waals surface area contributed by atoms with Crippen molar-refractivity contribution in [2.24, 2.45) is 0 Å². The fourth-order valence-electron chi connectivity index (χ4n) is 3.25. The first-order valence-electron chi connectivity index (χ1n) is 8.25. The molecule has 0 aliphatic carbocycles. The zero-order valence-electron chi connectivity index (χ0n) is 15.0. The monoisotopic (exact) mass is 313 g/mol. The van der Waals surface area contributed by atoms with Crippen LogP contribution in [0, 0.1) is 0 Å². The summed E-state index contributed by atoms with van der Waals surface area (Å²) in [6.07, 6.45) is 0. The first-order valence-corrected chi connectivity index (χ1v) is 8.25. The molecule has 2 aromatic carbocycles. The molecule has 2 rings (SSSR count). The molecule has 124 valence electrons. The molecular weight excluding hydrogens is 286 g/mol.